The van der Waals surface area contributed by atoms with Crippen LogP contribution < -0.4 is 4.90 Å². The number of aryl methyl sites for hydroxylation is 2. The summed E-state index contributed by atoms with van der Waals surface area (Å²) in [6.45, 7) is 10.8. The number of H-pyrrole nitrogens is 1. The second-order valence-electron chi connectivity index (χ2n) is 10.1. The molecular weight excluding hydrogens is 488 g/mol. The van der Waals surface area contributed by atoms with Gasteiger partial charge in [0.1, 0.15) is 0 Å². The molecule has 0 unspecified atom stereocenters. The Balaban J connectivity index is 1.47. The van der Waals surface area contributed by atoms with Crippen LogP contribution in [-0.4, -0.2) is 60.2 Å². The lowest BCUT2D eigenvalue weighted by Crippen LogP contribution is -2.38. The van der Waals surface area contributed by atoms with Gasteiger partial charge in [-0.2, -0.15) is 15.3 Å². The number of piperidine rings is 1. The van der Waals surface area contributed by atoms with E-state index >= 15 is 0 Å². The molecule has 0 bridgehead atoms. The highest BCUT2D eigenvalue weighted by Crippen LogP contribution is 2.45. The quantitative estimate of drug-likeness (QED) is 0.406. The van der Waals surface area contributed by atoms with Crippen LogP contribution in [0.2, 0.25) is 5.02 Å². The van der Waals surface area contributed by atoms with Gasteiger partial charge in [-0.15, -0.1) is 0 Å². The van der Waals surface area contributed by atoms with E-state index in [-0.39, 0.29) is 11.9 Å². The lowest BCUT2D eigenvalue weighted by molar-refractivity contribution is -0.127. The second kappa shape index (κ2) is 9.06. The maximum atomic E-state index is 12.1. The molecule has 1 aromatic carbocycles. The van der Waals surface area contributed by atoms with Crippen LogP contribution >= 0.6 is 11.6 Å². The summed E-state index contributed by atoms with van der Waals surface area (Å²) in [7, 11) is 2.00. The van der Waals surface area contributed by atoms with E-state index in [0.717, 1.165) is 76.5 Å². The van der Waals surface area contributed by atoms with Gasteiger partial charge in [0.2, 0.25) is 5.91 Å². The molecule has 9 nitrogen and oxygen atoms in total. The minimum Gasteiger partial charge on any atom is -0.350 e. The molecule has 37 heavy (non-hydrogen) atoms. The normalized spacial score (nSPS) is 16.4. The minimum atomic E-state index is -0.00787. The highest BCUT2D eigenvalue weighted by molar-refractivity contribution is 6.36. The zero-order chi connectivity index (χ0) is 25.8. The molecular formula is C27H31ClN8O. The summed E-state index contributed by atoms with van der Waals surface area (Å²) in [6.07, 6.45) is 7.81. The monoisotopic (exact) mass is 518 g/mol. The Kier molecular flexibility index (Phi) is 5.82. The summed E-state index contributed by atoms with van der Waals surface area (Å²) >= 11 is 7.03. The average Bonchev–Trinajstić information content (AvgIpc) is 3.62. The van der Waals surface area contributed by atoms with Crippen LogP contribution in [0.15, 0.2) is 31.1 Å². The first kappa shape index (κ1) is 23.8. The lowest BCUT2D eigenvalue weighted by atomic mass is 9.97. The predicted molar refractivity (Wildman–Crippen MR) is 145 cm³/mol. The van der Waals surface area contributed by atoms with E-state index in [1.165, 1.54) is 17.3 Å². The van der Waals surface area contributed by atoms with Gasteiger partial charge in [-0.25, -0.2) is 0 Å². The van der Waals surface area contributed by atoms with Crippen LogP contribution in [0.1, 0.15) is 41.4 Å². The molecule has 2 aliphatic heterocycles. The van der Waals surface area contributed by atoms with Gasteiger partial charge in [-0.1, -0.05) is 18.2 Å². The SMILES string of the molecule is C=CC(=O)N1CCC(n2nc(N3CCc4c(cnn4C)C3)c(-c3c(Cl)c(C)cc4[nH]ncc34)c2C)CC1. The average molecular weight is 519 g/mol. The number of halogens is 1. The molecule has 1 fully saturated rings. The van der Waals surface area contributed by atoms with E-state index in [4.69, 9.17) is 16.7 Å². The highest BCUT2D eigenvalue weighted by Gasteiger charge is 2.32. The molecule has 0 aliphatic carbocycles. The molecule has 0 saturated carbocycles. The molecule has 4 aromatic rings. The predicted octanol–water partition coefficient (Wildman–Crippen LogP) is 4.34. The second-order valence-corrected chi connectivity index (χ2v) is 10.5. The van der Waals surface area contributed by atoms with Crippen molar-refractivity contribution in [3.63, 3.8) is 0 Å². The van der Waals surface area contributed by atoms with Gasteiger partial charge < -0.3 is 9.80 Å². The van der Waals surface area contributed by atoms with Crippen molar-refractivity contribution in [3.05, 3.63) is 58.7 Å². The van der Waals surface area contributed by atoms with Crippen LogP contribution in [0.5, 0.6) is 0 Å². The van der Waals surface area contributed by atoms with Crippen molar-refractivity contribution in [2.24, 2.45) is 7.05 Å². The Morgan fingerprint density at radius 2 is 1.97 bits per heavy atom. The number of rotatable bonds is 4. The number of hydrogen-bond donors (Lipinski definition) is 1. The van der Waals surface area contributed by atoms with E-state index in [9.17, 15) is 4.79 Å². The first-order valence-corrected chi connectivity index (χ1v) is 13.1. The fraction of sp³-hybridized carbons (Fsp3) is 0.407. The fourth-order valence-corrected chi connectivity index (χ4v) is 6.20. The molecule has 5 heterocycles. The Hall–Kier alpha value is -3.59. The molecule has 2 aliphatic rings. The number of aromatic nitrogens is 6. The smallest absolute Gasteiger partial charge is 0.245 e. The van der Waals surface area contributed by atoms with Crippen molar-refractivity contribution in [3.8, 4) is 11.1 Å². The van der Waals surface area contributed by atoms with Crippen LogP contribution in [0.3, 0.4) is 0 Å². The van der Waals surface area contributed by atoms with Gasteiger partial charge in [0.25, 0.3) is 0 Å². The van der Waals surface area contributed by atoms with Crippen molar-refractivity contribution in [2.45, 2.75) is 45.7 Å². The van der Waals surface area contributed by atoms with Crippen molar-refractivity contribution < 1.29 is 4.79 Å². The highest BCUT2D eigenvalue weighted by atomic mass is 35.5. The largest absolute Gasteiger partial charge is 0.350 e. The fourth-order valence-electron chi connectivity index (χ4n) is 5.95. The number of nitrogens with one attached hydrogen (secondary N) is 1. The Morgan fingerprint density at radius 3 is 2.73 bits per heavy atom. The van der Waals surface area contributed by atoms with Gasteiger partial charge in [0, 0.05) is 73.1 Å². The maximum absolute atomic E-state index is 12.1. The van der Waals surface area contributed by atoms with Gasteiger partial charge in [0.15, 0.2) is 5.82 Å². The van der Waals surface area contributed by atoms with Gasteiger partial charge in [-0.05, 0) is 44.4 Å². The zero-order valence-corrected chi connectivity index (χ0v) is 22.2. The van der Waals surface area contributed by atoms with Crippen molar-refractivity contribution in [1.29, 1.82) is 0 Å². The molecule has 1 saturated heterocycles. The molecule has 0 atom stereocenters. The van der Waals surface area contributed by atoms with E-state index in [2.05, 4.69) is 38.4 Å². The number of benzene rings is 1. The van der Waals surface area contributed by atoms with Crippen LogP contribution in [0.25, 0.3) is 22.0 Å². The van der Waals surface area contributed by atoms with E-state index in [1.54, 1.807) is 0 Å². The number of carbonyl (C=O) groups excluding carboxylic acids is 1. The third kappa shape index (κ3) is 3.83. The molecule has 0 radical (unpaired) electrons. The lowest BCUT2D eigenvalue weighted by Gasteiger charge is -2.32. The summed E-state index contributed by atoms with van der Waals surface area (Å²) < 4.78 is 4.14. The third-order valence-electron chi connectivity index (χ3n) is 7.97. The first-order chi connectivity index (χ1) is 17.9. The maximum Gasteiger partial charge on any atom is 0.245 e. The number of amides is 1. The number of aromatic amines is 1. The van der Waals surface area contributed by atoms with Gasteiger partial charge >= 0.3 is 0 Å². The molecule has 3 aromatic heterocycles. The van der Waals surface area contributed by atoms with Crippen LogP contribution in [-0.2, 0) is 24.8 Å². The molecule has 192 valence electrons. The Morgan fingerprint density at radius 1 is 1.19 bits per heavy atom. The van der Waals surface area contributed by atoms with Crippen LogP contribution in [0, 0.1) is 13.8 Å². The van der Waals surface area contributed by atoms with E-state index in [0.29, 0.717) is 13.1 Å². The number of fused-ring (bicyclic) bond motifs is 2. The zero-order valence-electron chi connectivity index (χ0n) is 21.5. The minimum absolute atomic E-state index is 0.00787. The molecule has 6 rings (SSSR count). The van der Waals surface area contributed by atoms with Crippen molar-refractivity contribution in [1.82, 2.24) is 34.7 Å². The van der Waals surface area contributed by atoms with Crippen LogP contribution in [0.4, 0.5) is 5.82 Å². The number of hydrogen-bond acceptors (Lipinski definition) is 5. The molecule has 1 amide bonds. The number of carbonyl (C=O) groups is 1. The molecule has 1 N–H and O–H groups in total. The number of anilines is 1. The standard InChI is InChI=1S/C27H31ClN8O/c1-5-23(37)34-9-6-19(7-10-34)36-17(3)24(25-20-14-29-31-21(20)12-16(2)26(25)28)27(32-36)35-11-8-22-18(15-35)13-30-33(22)4/h5,12-14,19H,1,6-11,15H2,2-4H3,(H,29,31). The summed E-state index contributed by atoms with van der Waals surface area (Å²) in [6, 6.07) is 2.24. The topological polar surface area (TPSA) is 87.9 Å². The summed E-state index contributed by atoms with van der Waals surface area (Å²) in [5, 5.41) is 18.9. The Labute approximate surface area is 220 Å². The summed E-state index contributed by atoms with van der Waals surface area (Å²) in [5.74, 6) is 0.929. The summed E-state index contributed by atoms with van der Waals surface area (Å²) in [4.78, 5) is 16.4. The summed E-state index contributed by atoms with van der Waals surface area (Å²) in [5.41, 5.74) is 7.56. The van der Waals surface area contributed by atoms with Gasteiger partial charge in [0.05, 0.1) is 29.0 Å². The molecule has 0 spiro atoms. The Bertz CT molecular complexity index is 1520. The van der Waals surface area contributed by atoms with Gasteiger partial charge in [-0.3, -0.25) is 19.3 Å². The first-order valence-electron chi connectivity index (χ1n) is 12.7. The van der Waals surface area contributed by atoms with E-state index < -0.39 is 0 Å². The number of nitrogens with zero attached hydrogens (tertiary/aromatic N) is 7. The van der Waals surface area contributed by atoms with Crippen molar-refractivity contribution in [2.75, 3.05) is 24.5 Å². The third-order valence-corrected chi connectivity index (χ3v) is 8.46. The number of likely N-dealkylation sites (tertiary alicyclic amines) is 1. The van der Waals surface area contributed by atoms with E-state index in [1.807, 2.05) is 42.0 Å². The van der Waals surface area contributed by atoms with Crippen molar-refractivity contribution >= 4 is 34.2 Å². The molecule has 10 heteroatoms.